The molecule has 2 heterocycles. The summed E-state index contributed by atoms with van der Waals surface area (Å²) in [6.07, 6.45) is 0. The lowest BCUT2D eigenvalue weighted by atomic mass is 9.92. The Balaban J connectivity index is 1.65. The zero-order valence-corrected chi connectivity index (χ0v) is 16.1. The van der Waals surface area contributed by atoms with E-state index in [0.29, 0.717) is 5.56 Å². The Kier molecular flexibility index (Phi) is 5.57. The summed E-state index contributed by atoms with van der Waals surface area (Å²) in [7, 11) is 0. The number of rotatable bonds is 7. The van der Waals surface area contributed by atoms with Gasteiger partial charge < -0.3 is 10.2 Å². The van der Waals surface area contributed by atoms with E-state index >= 15 is 0 Å². The molecule has 1 unspecified atom stereocenters. The molecule has 7 nitrogen and oxygen atoms in total. The summed E-state index contributed by atoms with van der Waals surface area (Å²) < 4.78 is 0. The molecule has 3 N–H and O–H groups in total. The highest BCUT2D eigenvalue weighted by Crippen LogP contribution is 2.27. The number of carbonyl (C=O) groups excluding carboxylic acids is 3. The van der Waals surface area contributed by atoms with Gasteiger partial charge in [0.2, 0.25) is 0 Å². The third-order valence-corrected chi connectivity index (χ3v) is 5.57. The van der Waals surface area contributed by atoms with Crippen LogP contribution >= 0.6 is 11.3 Å². The largest absolute Gasteiger partial charge is 0.344 e. The topological polar surface area (TPSA) is 82.9 Å². The summed E-state index contributed by atoms with van der Waals surface area (Å²) in [5.41, 5.74) is 1.93. The molecule has 27 heavy (non-hydrogen) atoms. The van der Waals surface area contributed by atoms with Crippen molar-refractivity contribution in [1.82, 2.24) is 15.8 Å². The molecule has 0 radical (unpaired) electrons. The van der Waals surface area contributed by atoms with E-state index in [-0.39, 0.29) is 12.5 Å². The number of hydrogen-bond acceptors (Lipinski definition) is 4. The molecule has 1 fully saturated rings. The van der Waals surface area contributed by atoms with Crippen LogP contribution in [0.4, 0.5) is 4.79 Å². The number of likely N-dealkylation sites (N-methyl/N-ethyl adjacent to an activating group) is 1. The number of quaternary nitrogens is 1. The van der Waals surface area contributed by atoms with Crippen molar-refractivity contribution in [3.8, 4) is 0 Å². The Morgan fingerprint density at radius 1 is 1.22 bits per heavy atom. The summed E-state index contributed by atoms with van der Waals surface area (Å²) >= 11 is 1.64. The smallest absolute Gasteiger partial charge is 0.323 e. The highest BCUT2D eigenvalue weighted by molar-refractivity contribution is 7.09. The molecule has 1 aliphatic rings. The Morgan fingerprint density at radius 2 is 1.96 bits per heavy atom. The molecule has 0 saturated carbocycles. The van der Waals surface area contributed by atoms with Crippen molar-refractivity contribution < 1.29 is 19.3 Å². The number of urea groups is 1. The molecule has 2 atom stereocenters. The summed E-state index contributed by atoms with van der Waals surface area (Å²) in [5, 5.41) is 5.46. The number of benzene rings is 1. The molecular formula is C19H23N4O3S+. The fraction of sp³-hybridized carbons (Fsp3) is 0.316. The summed E-state index contributed by atoms with van der Waals surface area (Å²) in [6.45, 7) is 5.29. The van der Waals surface area contributed by atoms with Crippen molar-refractivity contribution in [3.63, 3.8) is 0 Å². The predicted molar refractivity (Wildman–Crippen MR) is 102 cm³/mol. The zero-order valence-electron chi connectivity index (χ0n) is 15.3. The van der Waals surface area contributed by atoms with Gasteiger partial charge in [-0.3, -0.25) is 15.0 Å². The van der Waals surface area contributed by atoms with Crippen LogP contribution in [-0.4, -0.2) is 35.9 Å². The van der Waals surface area contributed by atoms with Gasteiger partial charge in [0.1, 0.15) is 12.1 Å². The van der Waals surface area contributed by atoms with E-state index in [2.05, 4.69) is 10.7 Å². The van der Waals surface area contributed by atoms with Crippen molar-refractivity contribution in [1.29, 1.82) is 0 Å². The van der Waals surface area contributed by atoms with Crippen molar-refractivity contribution in [2.75, 3.05) is 13.1 Å². The SMILES string of the molecule is CC[NH+](CC(=O)NN1C(=O)N[C@](C)(c2ccccc2)C1=O)Cc1cccs1. The van der Waals surface area contributed by atoms with E-state index in [9.17, 15) is 14.4 Å². The van der Waals surface area contributed by atoms with Gasteiger partial charge in [0, 0.05) is 0 Å². The first-order valence-electron chi connectivity index (χ1n) is 8.81. The molecule has 0 spiro atoms. The fourth-order valence-corrected chi connectivity index (χ4v) is 3.85. The minimum Gasteiger partial charge on any atom is -0.323 e. The Morgan fingerprint density at radius 3 is 2.59 bits per heavy atom. The molecule has 1 saturated heterocycles. The van der Waals surface area contributed by atoms with Crippen molar-refractivity contribution >= 4 is 29.2 Å². The molecule has 4 amide bonds. The summed E-state index contributed by atoms with van der Waals surface area (Å²) in [4.78, 5) is 39.8. The van der Waals surface area contributed by atoms with Gasteiger partial charge in [-0.05, 0) is 30.9 Å². The predicted octanol–water partition coefficient (Wildman–Crippen LogP) is 0.651. The number of carbonyl (C=O) groups is 3. The highest BCUT2D eigenvalue weighted by Gasteiger charge is 2.50. The number of nitrogens with zero attached hydrogens (tertiary/aromatic N) is 1. The van der Waals surface area contributed by atoms with Gasteiger partial charge in [-0.25, -0.2) is 4.79 Å². The second-order valence-corrected chi connectivity index (χ2v) is 7.67. The first-order chi connectivity index (χ1) is 12.9. The molecule has 3 rings (SSSR count). The van der Waals surface area contributed by atoms with Gasteiger partial charge in [0.05, 0.1) is 11.4 Å². The molecule has 0 aliphatic carbocycles. The van der Waals surface area contributed by atoms with E-state index in [0.717, 1.165) is 23.0 Å². The number of hydrogen-bond donors (Lipinski definition) is 3. The monoisotopic (exact) mass is 387 g/mol. The van der Waals surface area contributed by atoms with Gasteiger partial charge in [-0.15, -0.1) is 11.3 Å². The van der Waals surface area contributed by atoms with Gasteiger partial charge in [-0.1, -0.05) is 36.4 Å². The van der Waals surface area contributed by atoms with Crippen molar-refractivity contribution in [3.05, 3.63) is 58.3 Å². The number of nitrogens with one attached hydrogen (secondary N) is 3. The number of thiophene rings is 1. The Bertz CT molecular complexity index is 825. The first kappa shape index (κ1) is 19.1. The average Bonchev–Trinajstić information content (AvgIpc) is 3.25. The molecular weight excluding hydrogens is 364 g/mol. The third kappa shape index (κ3) is 4.01. The van der Waals surface area contributed by atoms with Gasteiger partial charge >= 0.3 is 6.03 Å². The number of imide groups is 1. The van der Waals surface area contributed by atoms with E-state index in [4.69, 9.17) is 0 Å². The quantitative estimate of drug-likeness (QED) is 0.610. The molecule has 1 aromatic heterocycles. The zero-order chi connectivity index (χ0) is 19.4. The Labute approximate surface area is 161 Å². The Hall–Kier alpha value is -2.71. The van der Waals surface area contributed by atoms with E-state index in [1.54, 1.807) is 42.5 Å². The van der Waals surface area contributed by atoms with Gasteiger partial charge in [0.25, 0.3) is 11.8 Å². The van der Waals surface area contributed by atoms with E-state index in [1.807, 2.05) is 30.5 Å². The summed E-state index contributed by atoms with van der Waals surface area (Å²) in [5.74, 6) is -0.868. The van der Waals surface area contributed by atoms with Crippen LogP contribution in [-0.2, 0) is 21.7 Å². The van der Waals surface area contributed by atoms with Crippen molar-refractivity contribution in [2.45, 2.75) is 25.9 Å². The molecule has 1 aromatic carbocycles. The minimum atomic E-state index is -1.19. The molecule has 8 heteroatoms. The van der Waals surface area contributed by atoms with Crippen LogP contribution in [0.25, 0.3) is 0 Å². The number of hydrazine groups is 1. The lowest BCUT2D eigenvalue weighted by Gasteiger charge is -2.22. The van der Waals surface area contributed by atoms with E-state index < -0.39 is 17.5 Å². The van der Waals surface area contributed by atoms with Gasteiger partial charge in [-0.2, -0.15) is 5.01 Å². The molecule has 2 aromatic rings. The van der Waals surface area contributed by atoms with Crippen LogP contribution in [0.1, 0.15) is 24.3 Å². The standard InChI is InChI=1S/C19H22N4O3S/c1-3-22(12-15-10-7-11-27-15)13-16(24)21-23-17(25)19(2,20-18(23)26)14-8-5-4-6-9-14/h4-11H,3,12-13H2,1-2H3,(H,20,26)(H,21,24)/p+1/t19-/m1/s1. The molecule has 1 aliphatic heterocycles. The van der Waals surface area contributed by atoms with Crippen LogP contribution < -0.4 is 15.6 Å². The minimum absolute atomic E-state index is 0.174. The molecule has 142 valence electrons. The maximum absolute atomic E-state index is 12.8. The van der Waals surface area contributed by atoms with Gasteiger partial charge in [0.15, 0.2) is 6.54 Å². The van der Waals surface area contributed by atoms with E-state index in [1.165, 1.54) is 4.88 Å². The number of amides is 4. The lowest BCUT2D eigenvalue weighted by molar-refractivity contribution is -0.903. The lowest BCUT2D eigenvalue weighted by Crippen LogP contribution is -3.11. The second-order valence-electron chi connectivity index (χ2n) is 6.63. The third-order valence-electron chi connectivity index (χ3n) is 4.69. The normalized spacial score (nSPS) is 20.4. The highest BCUT2D eigenvalue weighted by atomic mass is 32.1. The maximum Gasteiger partial charge on any atom is 0.344 e. The molecule has 0 bridgehead atoms. The van der Waals surface area contributed by atoms with Crippen LogP contribution in [0, 0.1) is 0 Å². The average molecular weight is 387 g/mol. The van der Waals surface area contributed by atoms with Crippen LogP contribution in [0.15, 0.2) is 47.8 Å². The second kappa shape index (κ2) is 7.89. The van der Waals surface area contributed by atoms with Crippen LogP contribution in [0.5, 0.6) is 0 Å². The van der Waals surface area contributed by atoms with Crippen LogP contribution in [0.2, 0.25) is 0 Å². The fourth-order valence-electron chi connectivity index (χ4n) is 3.07. The maximum atomic E-state index is 12.8. The van der Waals surface area contributed by atoms with Crippen LogP contribution in [0.3, 0.4) is 0 Å². The summed E-state index contributed by atoms with van der Waals surface area (Å²) in [6, 6.07) is 12.4. The first-order valence-corrected chi connectivity index (χ1v) is 9.69. The van der Waals surface area contributed by atoms with Crippen molar-refractivity contribution in [2.24, 2.45) is 0 Å².